The van der Waals surface area contributed by atoms with Gasteiger partial charge in [-0.2, -0.15) is 5.26 Å². The van der Waals surface area contributed by atoms with Crippen molar-refractivity contribution in [3.63, 3.8) is 0 Å². The first kappa shape index (κ1) is 17.9. The Bertz CT molecular complexity index is 1030. The molecule has 2 N–H and O–H groups in total. The van der Waals surface area contributed by atoms with E-state index >= 15 is 0 Å². The molecule has 0 radical (unpaired) electrons. The monoisotopic (exact) mass is 359 g/mol. The number of ether oxygens (including phenoxy) is 1. The minimum Gasteiger partial charge on any atom is -0.495 e. The van der Waals surface area contributed by atoms with Crippen LogP contribution in [-0.4, -0.2) is 23.0 Å². The smallest absolute Gasteiger partial charge is 0.274 e. The van der Waals surface area contributed by atoms with Crippen molar-refractivity contribution in [1.82, 2.24) is 9.97 Å². The topological polar surface area (TPSA) is 99.9 Å². The molecule has 1 heterocycles. The van der Waals surface area contributed by atoms with Gasteiger partial charge in [0.25, 0.3) is 5.91 Å². The van der Waals surface area contributed by atoms with E-state index in [1.165, 1.54) is 12.4 Å². The largest absolute Gasteiger partial charge is 0.495 e. The number of aryl methyl sites for hydroxylation is 1. The summed E-state index contributed by atoms with van der Waals surface area (Å²) in [4.78, 5) is 20.7. The molecule has 0 spiro atoms. The highest BCUT2D eigenvalue weighted by molar-refractivity contribution is 6.04. The highest BCUT2D eigenvalue weighted by atomic mass is 16.5. The zero-order valence-corrected chi connectivity index (χ0v) is 14.9. The van der Waals surface area contributed by atoms with E-state index in [4.69, 9.17) is 10.00 Å². The van der Waals surface area contributed by atoms with Crippen LogP contribution in [0, 0.1) is 18.3 Å². The zero-order valence-electron chi connectivity index (χ0n) is 14.9. The summed E-state index contributed by atoms with van der Waals surface area (Å²) in [7, 11) is 1.58. The van der Waals surface area contributed by atoms with Crippen LogP contribution in [-0.2, 0) is 0 Å². The van der Waals surface area contributed by atoms with Gasteiger partial charge in [-0.1, -0.05) is 18.2 Å². The van der Waals surface area contributed by atoms with Crippen LogP contribution in [0.4, 0.5) is 17.2 Å². The van der Waals surface area contributed by atoms with Gasteiger partial charge in [0.2, 0.25) is 0 Å². The van der Waals surface area contributed by atoms with E-state index in [2.05, 4.69) is 20.6 Å². The number of carbonyl (C=O) groups excluding carboxylic acids is 1. The van der Waals surface area contributed by atoms with Gasteiger partial charge in [-0.25, -0.2) is 9.97 Å². The summed E-state index contributed by atoms with van der Waals surface area (Å²) >= 11 is 0. The number of amides is 1. The Morgan fingerprint density at radius 1 is 1.11 bits per heavy atom. The van der Waals surface area contributed by atoms with Gasteiger partial charge in [0.1, 0.15) is 29.7 Å². The molecule has 0 aliphatic carbocycles. The third-order valence-electron chi connectivity index (χ3n) is 3.81. The molecule has 7 nitrogen and oxygen atoms in total. The van der Waals surface area contributed by atoms with E-state index in [1.807, 2.05) is 31.2 Å². The molecule has 7 heteroatoms. The SMILES string of the molecule is COc1ccc(C)cc1Nc1cc(C(=O)Nc2ccccc2C#N)ncn1. The summed E-state index contributed by atoms with van der Waals surface area (Å²) in [6.45, 7) is 1.97. The summed E-state index contributed by atoms with van der Waals surface area (Å²) in [5.41, 5.74) is 2.77. The molecule has 134 valence electrons. The van der Waals surface area contributed by atoms with Crippen molar-refractivity contribution in [2.75, 3.05) is 17.7 Å². The highest BCUT2D eigenvalue weighted by Gasteiger charge is 2.12. The Morgan fingerprint density at radius 2 is 1.93 bits per heavy atom. The molecule has 0 saturated heterocycles. The number of benzene rings is 2. The molecule has 0 aliphatic rings. The second kappa shape index (κ2) is 7.97. The molecule has 2 aromatic carbocycles. The number of nitriles is 1. The molecule has 0 aliphatic heterocycles. The lowest BCUT2D eigenvalue weighted by Gasteiger charge is -2.12. The Balaban J connectivity index is 1.82. The normalized spacial score (nSPS) is 9.96. The van der Waals surface area contributed by atoms with E-state index in [1.54, 1.807) is 31.4 Å². The summed E-state index contributed by atoms with van der Waals surface area (Å²) in [5.74, 6) is 0.681. The van der Waals surface area contributed by atoms with Gasteiger partial charge in [-0.05, 0) is 36.8 Å². The second-order valence-corrected chi connectivity index (χ2v) is 5.73. The maximum Gasteiger partial charge on any atom is 0.274 e. The molecular formula is C20H17N5O2. The van der Waals surface area contributed by atoms with Crippen molar-refractivity contribution in [1.29, 1.82) is 5.26 Å². The van der Waals surface area contributed by atoms with E-state index in [0.717, 1.165) is 11.3 Å². The number of aromatic nitrogens is 2. The van der Waals surface area contributed by atoms with E-state index in [9.17, 15) is 4.79 Å². The molecule has 0 fully saturated rings. The zero-order chi connectivity index (χ0) is 19.2. The van der Waals surface area contributed by atoms with Crippen LogP contribution in [0.15, 0.2) is 54.9 Å². The lowest BCUT2D eigenvalue weighted by Crippen LogP contribution is -2.15. The van der Waals surface area contributed by atoms with Gasteiger partial charge < -0.3 is 15.4 Å². The standard InChI is InChI=1S/C20H17N5O2/c1-13-7-8-18(27-2)16(9-13)24-19-10-17(22-12-23-19)20(26)25-15-6-4-3-5-14(15)11-21/h3-10,12H,1-2H3,(H,25,26)(H,22,23,24). The number of anilines is 3. The third-order valence-corrected chi connectivity index (χ3v) is 3.81. The Morgan fingerprint density at radius 3 is 2.70 bits per heavy atom. The number of methoxy groups -OCH3 is 1. The van der Waals surface area contributed by atoms with Crippen molar-refractivity contribution in [3.05, 3.63) is 71.7 Å². The van der Waals surface area contributed by atoms with Crippen LogP contribution in [0.1, 0.15) is 21.6 Å². The second-order valence-electron chi connectivity index (χ2n) is 5.73. The molecule has 3 aromatic rings. The predicted octanol–water partition coefficient (Wildman–Crippen LogP) is 3.66. The maximum atomic E-state index is 12.5. The number of nitrogens with zero attached hydrogens (tertiary/aromatic N) is 3. The minimum atomic E-state index is -0.431. The number of hydrogen-bond donors (Lipinski definition) is 2. The summed E-state index contributed by atoms with van der Waals surface area (Å²) in [5, 5.41) is 15.0. The van der Waals surface area contributed by atoms with Gasteiger partial charge in [-0.3, -0.25) is 4.79 Å². The predicted molar refractivity (Wildman–Crippen MR) is 102 cm³/mol. The lowest BCUT2D eigenvalue weighted by atomic mass is 10.2. The third kappa shape index (κ3) is 4.19. The average molecular weight is 359 g/mol. The molecular weight excluding hydrogens is 342 g/mol. The average Bonchev–Trinajstić information content (AvgIpc) is 2.69. The van der Waals surface area contributed by atoms with Crippen LogP contribution in [0.25, 0.3) is 0 Å². The molecule has 1 aromatic heterocycles. The fourth-order valence-electron chi connectivity index (χ4n) is 2.48. The fourth-order valence-corrected chi connectivity index (χ4v) is 2.48. The molecule has 27 heavy (non-hydrogen) atoms. The summed E-state index contributed by atoms with van der Waals surface area (Å²) in [6, 6.07) is 16.1. The minimum absolute atomic E-state index is 0.173. The Labute approximate surface area is 156 Å². The van der Waals surface area contributed by atoms with E-state index in [0.29, 0.717) is 22.8 Å². The van der Waals surface area contributed by atoms with Crippen molar-refractivity contribution in [3.8, 4) is 11.8 Å². The van der Waals surface area contributed by atoms with E-state index in [-0.39, 0.29) is 5.69 Å². The fraction of sp³-hybridized carbons (Fsp3) is 0.100. The summed E-state index contributed by atoms with van der Waals surface area (Å²) in [6.07, 6.45) is 1.30. The van der Waals surface area contributed by atoms with Crippen LogP contribution in [0.2, 0.25) is 0 Å². The Hall–Kier alpha value is -3.92. The number of carbonyl (C=O) groups is 1. The van der Waals surface area contributed by atoms with Crippen LogP contribution in [0.5, 0.6) is 5.75 Å². The quantitative estimate of drug-likeness (QED) is 0.721. The van der Waals surface area contributed by atoms with Crippen molar-refractivity contribution >= 4 is 23.1 Å². The number of nitrogens with one attached hydrogen (secondary N) is 2. The number of hydrogen-bond acceptors (Lipinski definition) is 6. The van der Waals surface area contributed by atoms with E-state index < -0.39 is 5.91 Å². The van der Waals surface area contributed by atoms with Gasteiger partial charge in [0, 0.05) is 6.07 Å². The highest BCUT2D eigenvalue weighted by Crippen LogP contribution is 2.28. The molecule has 0 atom stereocenters. The molecule has 1 amide bonds. The molecule has 0 bridgehead atoms. The maximum absolute atomic E-state index is 12.5. The van der Waals surface area contributed by atoms with Crippen molar-refractivity contribution in [2.45, 2.75) is 6.92 Å². The first-order valence-electron chi connectivity index (χ1n) is 8.15. The van der Waals surface area contributed by atoms with Gasteiger partial charge in [-0.15, -0.1) is 0 Å². The first-order chi connectivity index (χ1) is 13.1. The van der Waals surface area contributed by atoms with Crippen molar-refractivity contribution < 1.29 is 9.53 Å². The van der Waals surface area contributed by atoms with Crippen LogP contribution < -0.4 is 15.4 Å². The first-order valence-corrected chi connectivity index (χ1v) is 8.15. The summed E-state index contributed by atoms with van der Waals surface area (Å²) < 4.78 is 5.34. The molecule has 0 unspecified atom stereocenters. The van der Waals surface area contributed by atoms with Gasteiger partial charge in [0.05, 0.1) is 24.0 Å². The molecule has 3 rings (SSSR count). The number of rotatable bonds is 5. The van der Waals surface area contributed by atoms with Gasteiger partial charge >= 0.3 is 0 Å². The van der Waals surface area contributed by atoms with Crippen molar-refractivity contribution in [2.24, 2.45) is 0 Å². The molecule has 0 saturated carbocycles. The van der Waals surface area contributed by atoms with Gasteiger partial charge in [0.15, 0.2) is 0 Å². The number of para-hydroxylation sites is 1. The van der Waals surface area contributed by atoms with Crippen LogP contribution >= 0.6 is 0 Å². The Kier molecular flexibility index (Phi) is 5.28. The lowest BCUT2D eigenvalue weighted by molar-refractivity contribution is 0.102. The van der Waals surface area contributed by atoms with Crippen LogP contribution in [0.3, 0.4) is 0 Å².